The van der Waals surface area contributed by atoms with Crippen molar-refractivity contribution in [1.82, 2.24) is 9.97 Å². The molecular formula is C21H20N2O4. The predicted octanol–water partition coefficient (Wildman–Crippen LogP) is 3.65. The van der Waals surface area contributed by atoms with Crippen LogP contribution in [0.1, 0.15) is 35.6 Å². The molecular weight excluding hydrogens is 344 g/mol. The summed E-state index contributed by atoms with van der Waals surface area (Å²) in [5, 5.41) is 0. The number of rotatable bonds is 6. The third kappa shape index (κ3) is 4.47. The van der Waals surface area contributed by atoms with Gasteiger partial charge >= 0.3 is 5.97 Å². The number of Topliss-reactive ketones (excluding diaryl/α,β-unsaturated/α-hetero) is 1. The van der Waals surface area contributed by atoms with Gasteiger partial charge in [-0.2, -0.15) is 0 Å². The minimum Gasteiger partial charge on any atom is -0.479 e. The molecule has 0 aliphatic rings. The molecule has 1 aromatic heterocycles. The van der Waals surface area contributed by atoms with Crippen LogP contribution in [-0.4, -0.2) is 27.8 Å². The van der Waals surface area contributed by atoms with Crippen LogP contribution in [-0.2, 0) is 16.1 Å². The molecule has 138 valence electrons. The Morgan fingerprint density at radius 3 is 2.26 bits per heavy atom. The minimum atomic E-state index is -0.790. The molecule has 0 amide bonds. The van der Waals surface area contributed by atoms with E-state index in [1.54, 1.807) is 31.2 Å². The molecule has 6 nitrogen and oxygen atoms in total. The van der Waals surface area contributed by atoms with Gasteiger partial charge in [0, 0.05) is 5.56 Å². The second-order valence-electron chi connectivity index (χ2n) is 6.19. The van der Waals surface area contributed by atoms with Gasteiger partial charge in [0.2, 0.25) is 0 Å². The van der Waals surface area contributed by atoms with Gasteiger partial charge in [-0.3, -0.25) is 4.79 Å². The molecule has 0 unspecified atom stereocenters. The molecule has 0 saturated heterocycles. The molecule has 0 spiro atoms. The summed E-state index contributed by atoms with van der Waals surface area (Å²) >= 11 is 0. The summed E-state index contributed by atoms with van der Waals surface area (Å²) in [5.74, 6) is -0.0352. The first-order chi connectivity index (χ1) is 12.9. The Balaban J connectivity index is 1.61. The van der Waals surface area contributed by atoms with Crippen molar-refractivity contribution < 1.29 is 19.1 Å². The quantitative estimate of drug-likeness (QED) is 0.491. The van der Waals surface area contributed by atoms with E-state index in [0.29, 0.717) is 17.0 Å². The number of ether oxygens (including phenoxy) is 2. The third-order valence-corrected chi connectivity index (χ3v) is 4.10. The van der Waals surface area contributed by atoms with Crippen LogP contribution in [0.5, 0.6) is 5.75 Å². The monoisotopic (exact) mass is 364 g/mol. The van der Waals surface area contributed by atoms with E-state index in [-0.39, 0.29) is 12.4 Å². The van der Waals surface area contributed by atoms with Crippen molar-refractivity contribution in [2.75, 3.05) is 0 Å². The fraction of sp³-hybridized carbons (Fsp3) is 0.238. The van der Waals surface area contributed by atoms with Crippen molar-refractivity contribution in [2.24, 2.45) is 0 Å². The summed E-state index contributed by atoms with van der Waals surface area (Å²) in [7, 11) is 0. The highest BCUT2D eigenvalue weighted by Crippen LogP contribution is 2.16. The lowest BCUT2D eigenvalue weighted by Gasteiger charge is -2.14. The number of hydrogen-bond donors (Lipinski definition) is 0. The van der Waals surface area contributed by atoms with Crippen molar-refractivity contribution in [3.8, 4) is 5.75 Å². The minimum absolute atomic E-state index is 0.0270. The Morgan fingerprint density at radius 2 is 1.63 bits per heavy atom. The number of para-hydroxylation sites is 2. The molecule has 0 aliphatic heterocycles. The summed E-state index contributed by atoms with van der Waals surface area (Å²) < 4.78 is 10.9. The lowest BCUT2D eigenvalue weighted by Crippen LogP contribution is -2.26. The van der Waals surface area contributed by atoms with Crippen molar-refractivity contribution in [1.29, 1.82) is 0 Å². The Bertz CT molecular complexity index is 983. The molecule has 1 atom stereocenters. The number of benzene rings is 2. The number of carbonyl (C=O) groups is 2. The summed E-state index contributed by atoms with van der Waals surface area (Å²) in [6, 6.07) is 14.2. The first-order valence-corrected chi connectivity index (χ1v) is 8.60. The van der Waals surface area contributed by atoms with Gasteiger partial charge in [0.05, 0.1) is 22.4 Å². The van der Waals surface area contributed by atoms with Crippen molar-refractivity contribution in [3.63, 3.8) is 0 Å². The first-order valence-electron chi connectivity index (χ1n) is 8.60. The molecule has 6 heteroatoms. The van der Waals surface area contributed by atoms with E-state index in [1.165, 1.54) is 6.92 Å². The summed E-state index contributed by atoms with van der Waals surface area (Å²) in [5.41, 5.74) is 3.47. The average Bonchev–Trinajstić information content (AvgIpc) is 2.66. The number of aryl methyl sites for hydroxylation is 1. The van der Waals surface area contributed by atoms with Crippen LogP contribution in [0.2, 0.25) is 0 Å². The second-order valence-corrected chi connectivity index (χ2v) is 6.19. The van der Waals surface area contributed by atoms with Gasteiger partial charge in [-0.15, -0.1) is 0 Å². The van der Waals surface area contributed by atoms with Gasteiger partial charge in [0.1, 0.15) is 12.4 Å². The van der Waals surface area contributed by atoms with Crippen LogP contribution in [0.15, 0.2) is 48.5 Å². The van der Waals surface area contributed by atoms with Gasteiger partial charge < -0.3 is 9.47 Å². The number of hydrogen-bond acceptors (Lipinski definition) is 6. The fourth-order valence-corrected chi connectivity index (χ4v) is 2.54. The standard InChI is InChI=1S/C21H20N2O4/c1-13-20(23-19-7-5-4-6-18(19)22-13)12-26-21(25)15(3)27-17-10-8-16(9-11-17)14(2)24/h4-11,15H,12H2,1-3H3/t15-/m1/s1. The van der Waals surface area contributed by atoms with E-state index in [9.17, 15) is 9.59 Å². The first kappa shape index (κ1) is 18.5. The maximum Gasteiger partial charge on any atom is 0.347 e. The van der Waals surface area contributed by atoms with Crippen LogP contribution in [0.25, 0.3) is 11.0 Å². The lowest BCUT2D eigenvalue weighted by molar-refractivity contribution is -0.152. The molecule has 0 fully saturated rings. The summed E-state index contributed by atoms with van der Waals surface area (Å²) in [4.78, 5) is 32.5. The van der Waals surface area contributed by atoms with E-state index >= 15 is 0 Å². The van der Waals surface area contributed by atoms with Gasteiger partial charge in [-0.1, -0.05) is 12.1 Å². The number of aromatic nitrogens is 2. The van der Waals surface area contributed by atoms with Crippen molar-refractivity contribution in [2.45, 2.75) is 33.5 Å². The molecule has 3 aromatic rings. The number of esters is 1. The molecule has 0 bridgehead atoms. The topological polar surface area (TPSA) is 78.4 Å². The molecule has 0 N–H and O–H groups in total. The molecule has 27 heavy (non-hydrogen) atoms. The molecule has 0 saturated carbocycles. The highest BCUT2D eigenvalue weighted by molar-refractivity contribution is 5.94. The second kappa shape index (κ2) is 7.95. The van der Waals surface area contributed by atoms with Gasteiger partial charge in [-0.25, -0.2) is 14.8 Å². The van der Waals surface area contributed by atoms with Gasteiger partial charge in [0.25, 0.3) is 0 Å². The third-order valence-electron chi connectivity index (χ3n) is 4.10. The maximum atomic E-state index is 12.2. The number of nitrogens with zero attached hydrogens (tertiary/aromatic N) is 2. The Labute approximate surface area is 157 Å². The van der Waals surface area contributed by atoms with Gasteiger partial charge in [0.15, 0.2) is 11.9 Å². The Kier molecular flexibility index (Phi) is 5.45. The zero-order valence-electron chi connectivity index (χ0n) is 15.4. The van der Waals surface area contributed by atoms with E-state index in [4.69, 9.17) is 9.47 Å². The van der Waals surface area contributed by atoms with Crippen LogP contribution in [0, 0.1) is 6.92 Å². The fourth-order valence-electron chi connectivity index (χ4n) is 2.54. The van der Waals surface area contributed by atoms with Crippen molar-refractivity contribution >= 4 is 22.8 Å². The van der Waals surface area contributed by atoms with Crippen LogP contribution < -0.4 is 4.74 Å². The van der Waals surface area contributed by atoms with Crippen LogP contribution in [0.3, 0.4) is 0 Å². The van der Waals surface area contributed by atoms with E-state index in [1.807, 2.05) is 31.2 Å². The smallest absolute Gasteiger partial charge is 0.347 e. The SMILES string of the molecule is CC(=O)c1ccc(O[C@H](C)C(=O)OCc2nc3ccccc3nc2C)cc1. The average molecular weight is 364 g/mol. The largest absolute Gasteiger partial charge is 0.479 e. The van der Waals surface area contributed by atoms with E-state index in [2.05, 4.69) is 9.97 Å². The summed E-state index contributed by atoms with van der Waals surface area (Å²) in [6.07, 6.45) is -0.790. The number of carbonyl (C=O) groups excluding carboxylic acids is 2. The Morgan fingerprint density at radius 1 is 1.00 bits per heavy atom. The molecule has 0 aliphatic carbocycles. The molecule has 0 radical (unpaired) electrons. The van der Waals surface area contributed by atoms with E-state index in [0.717, 1.165) is 16.7 Å². The van der Waals surface area contributed by atoms with Gasteiger partial charge in [-0.05, 0) is 57.2 Å². The maximum absolute atomic E-state index is 12.2. The lowest BCUT2D eigenvalue weighted by atomic mass is 10.1. The number of ketones is 1. The molecule has 1 heterocycles. The highest BCUT2D eigenvalue weighted by Gasteiger charge is 2.18. The normalized spacial score (nSPS) is 11.8. The van der Waals surface area contributed by atoms with E-state index < -0.39 is 12.1 Å². The number of fused-ring (bicyclic) bond motifs is 1. The molecule has 2 aromatic carbocycles. The van der Waals surface area contributed by atoms with Crippen LogP contribution >= 0.6 is 0 Å². The van der Waals surface area contributed by atoms with Crippen LogP contribution in [0.4, 0.5) is 0 Å². The summed E-state index contributed by atoms with van der Waals surface area (Å²) in [6.45, 7) is 4.96. The Hall–Kier alpha value is -3.28. The predicted molar refractivity (Wildman–Crippen MR) is 101 cm³/mol. The zero-order chi connectivity index (χ0) is 19.4. The molecule has 3 rings (SSSR count). The van der Waals surface area contributed by atoms with Crippen molar-refractivity contribution in [3.05, 3.63) is 65.5 Å². The highest BCUT2D eigenvalue weighted by atomic mass is 16.6. The zero-order valence-corrected chi connectivity index (χ0v) is 15.4.